The Balaban J connectivity index is 1.58. The molecule has 0 bridgehead atoms. The molecule has 3 rings (SSSR count). The van der Waals surface area contributed by atoms with E-state index in [2.05, 4.69) is 30.5 Å². The van der Waals surface area contributed by atoms with E-state index >= 15 is 0 Å². The highest BCUT2D eigenvalue weighted by Crippen LogP contribution is 2.29. The third kappa shape index (κ3) is 3.15. The summed E-state index contributed by atoms with van der Waals surface area (Å²) in [7, 11) is -3.07. The first kappa shape index (κ1) is 14.3. The van der Waals surface area contributed by atoms with Crippen molar-refractivity contribution in [1.29, 1.82) is 0 Å². The fraction of sp³-hybridized carbons (Fsp3) is 0.615. The molecule has 1 saturated carbocycles. The topological polar surface area (TPSA) is 62.3 Å². The molecule has 0 spiro atoms. The van der Waals surface area contributed by atoms with E-state index in [9.17, 15) is 8.42 Å². The Hall–Kier alpha value is -0.660. The van der Waals surface area contributed by atoms with Crippen molar-refractivity contribution in [2.24, 2.45) is 0 Å². The summed E-state index contributed by atoms with van der Waals surface area (Å²) in [4.78, 5) is 6.58. The van der Waals surface area contributed by atoms with Crippen LogP contribution in [0.2, 0.25) is 0 Å². The van der Waals surface area contributed by atoms with Gasteiger partial charge in [0, 0.05) is 25.3 Å². The Morgan fingerprint density at radius 1 is 1.25 bits per heavy atom. The highest BCUT2D eigenvalue weighted by Gasteiger charge is 2.37. The lowest BCUT2D eigenvalue weighted by molar-refractivity contribution is 0.457. The maximum atomic E-state index is 11.9. The molecule has 7 heteroatoms. The van der Waals surface area contributed by atoms with Crippen LogP contribution in [-0.2, 0) is 10.0 Å². The lowest BCUT2D eigenvalue weighted by Gasteiger charge is -2.33. The number of aromatic nitrogens is 1. The number of piperidine rings is 1. The van der Waals surface area contributed by atoms with Gasteiger partial charge in [-0.1, -0.05) is 0 Å². The zero-order valence-electron chi connectivity index (χ0n) is 11.1. The van der Waals surface area contributed by atoms with Crippen molar-refractivity contribution in [1.82, 2.24) is 9.71 Å². The van der Waals surface area contributed by atoms with Crippen LogP contribution in [0.15, 0.2) is 22.8 Å². The average Bonchev–Trinajstić information content (AvgIpc) is 3.25. The minimum atomic E-state index is -3.07. The minimum Gasteiger partial charge on any atom is -0.356 e. The van der Waals surface area contributed by atoms with Crippen molar-refractivity contribution in [2.75, 3.05) is 18.0 Å². The van der Waals surface area contributed by atoms with Crippen LogP contribution >= 0.6 is 15.9 Å². The van der Waals surface area contributed by atoms with E-state index in [1.165, 1.54) is 0 Å². The smallest absolute Gasteiger partial charge is 0.214 e. The second kappa shape index (κ2) is 5.61. The molecule has 1 aromatic rings. The van der Waals surface area contributed by atoms with Crippen molar-refractivity contribution in [3.63, 3.8) is 0 Å². The Morgan fingerprint density at radius 3 is 2.55 bits per heavy atom. The second-order valence-corrected chi connectivity index (χ2v) is 8.28. The van der Waals surface area contributed by atoms with Crippen LogP contribution in [0.1, 0.15) is 25.7 Å². The molecule has 1 aliphatic carbocycles. The van der Waals surface area contributed by atoms with Crippen LogP contribution in [-0.4, -0.2) is 37.8 Å². The van der Waals surface area contributed by atoms with Gasteiger partial charge in [0.2, 0.25) is 10.0 Å². The van der Waals surface area contributed by atoms with Crippen LogP contribution < -0.4 is 9.62 Å². The van der Waals surface area contributed by atoms with Crippen LogP contribution in [0, 0.1) is 0 Å². The predicted octanol–water partition coefficient (Wildman–Crippen LogP) is 1.89. The van der Waals surface area contributed by atoms with Gasteiger partial charge in [-0.25, -0.2) is 18.1 Å². The van der Waals surface area contributed by atoms with Gasteiger partial charge < -0.3 is 4.90 Å². The van der Waals surface area contributed by atoms with Crippen LogP contribution in [0.4, 0.5) is 5.82 Å². The van der Waals surface area contributed by atoms with E-state index in [-0.39, 0.29) is 11.3 Å². The van der Waals surface area contributed by atoms with Gasteiger partial charge in [-0.15, -0.1) is 0 Å². The summed E-state index contributed by atoms with van der Waals surface area (Å²) < 4.78 is 27.7. The van der Waals surface area contributed by atoms with Gasteiger partial charge >= 0.3 is 0 Å². The summed E-state index contributed by atoms with van der Waals surface area (Å²) in [6, 6.07) is 3.94. The number of anilines is 1. The second-order valence-electron chi connectivity index (χ2n) is 5.43. The normalized spacial score (nSPS) is 21.1. The van der Waals surface area contributed by atoms with Gasteiger partial charge in [0.25, 0.3) is 0 Å². The fourth-order valence-electron chi connectivity index (χ4n) is 2.53. The van der Waals surface area contributed by atoms with Gasteiger partial charge in [-0.3, -0.25) is 0 Å². The standard InChI is InChI=1S/C13H18BrN3O2S/c14-12-2-1-7-15-13(12)17-8-5-10(6-9-17)16-20(18,19)11-3-4-11/h1-2,7,10-11,16H,3-6,8-9H2. The van der Waals surface area contributed by atoms with E-state index < -0.39 is 10.0 Å². The molecule has 1 aliphatic heterocycles. The van der Waals surface area contributed by atoms with Gasteiger partial charge in [-0.05, 0) is 53.7 Å². The average molecular weight is 360 g/mol. The Bertz CT molecular complexity index is 581. The molecule has 0 radical (unpaired) electrons. The van der Waals surface area contributed by atoms with Crippen molar-refractivity contribution >= 4 is 31.8 Å². The number of halogens is 1. The predicted molar refractivity (Wildman–Crippen MR) is 82.2 cm³/mol. The van der Waals surface area contributed by atoms with E-state index in [1.54, 1.807) is 6.20 Å². The summed E-state index contributed by atoms with van der Waals surface area (Å²) in [5.74, 6) is 0.941. The van der Waals surface area contributed by atoms with Crippen LogP contribution in [0.5, 0.6) is 0 Å². The van der Waals surface area contributed by atoms with E-state index in [1.807, 2.05) is 12.1 Å². The van der Waals surface area contributed by atoms with Gasteiger partial charge in [0.15, 0.2) is 0 Å². The maximum Gasteiger partial charge on any atom is 0.214 e. The molecule has 110 valence electrons. The quantitative estimate of drug-likeness (QED) is 0.891. The molecule has 0 aromatic carbocycles. The van der Waals surface area contributed by atoms with Gasteiger partial charge in [0.1, 0.15) is 5.82 Å². The molecule has 20 heavy (non-hydrogen) atoms. The number of hydrogen-bond acceptors (Lipinski definition) is 4. The summed E-state index contributed by atoms with van der Waals surface area (Å²) in [6.07, 6.45) is 5.07. The number of rotatable bonds is 4. The SMILES string of the molecule is O=S(=O)(NC1CCN(c2ncccc2Br)CC1)C1CC1. The number of hydrogen-bond donors (Lipinski definition) is 1. The molecular formula is C13H18BrN3O2S. The summed E-state index contributed by atoms with van der Waals surface area (Å²) in [5, 5.41) is -0.134. The Morgan fingerprint density at radius 2 is 1.95 bits per heavy atom. The minimum absolute atomic E-state index is 0.0688. The fourth-order valence-corrected chi connectivity index (χ4v) is 4.68. The van der Waals surface area contributed by atoms with E-state index in [4.69, 9.17) is 0 Å². The molecule has 2 fully saturated rings. The number of sulfonamides is 1. The molecule has 0 unspecified atom stereocenters. The molecule has 5 nitrogen and oxygen atoms in total. The monoisotopic (exact) mass is 359 g/mol. The molecule has 2 aliphatic rings. The van der Waals surface area contributed by atoms with Crippen molar-refractivity contribution < 1.29 is 8.42 Å². The largest absolute Gasteiger partial charge is 0.356 e. The third-order valence-electron chi connectivity index (χ3n) is 3.83. The summed E-state index contributed by atoms with van der Waals surface area (Å²) in [6.45, 7) is 1.65. The molecular weight excluding hydrogens is 342 g/mol. The maximum absolute atomic E-state index is 11.9. The first-order chi connectivity index (χ1) is 9.56. The highest BCUT2D eigenvalue weighted by atomic mass is 79.9. The Kier molecular flexibility index (Phi) is 4.01. The number of nitrogens with one attached hydrogen (secondary N) is 1. The summed E-state index contributed by atoms with van der Waals surface area (Å²) >= 11 is 3.51. The molecule has 0 atom stereocenters. The van der Waals surface area contributed by atoms with Gasteiger partial charge in [-0.2, -0.15) is 0 Å². The van der Waals surface area contributed by atoms with Gasteiger partial charge in [0.05, 0.1) is 9.72 Å². The number of pyridine rings is 1. The molecule has 2 heterocycles. The first-order valence-electron chi connectivity index (χ1n) is 6.93. The number of nitrogens with zero attached hydrogens (tertiary/aromatic N) is 2. The lowest BCUT2D eigenvalue weighted by Crippen LogP contribution is -2.45. The van der Waals surface area contributed by atoms with Crippen molar-refractivity contribution in [3.8, 4) is 0 Å². The van der Waals surface area contributed by atoms with E-state index in [0.717, 1.165) is 49.1 Å². The van der Waals surface area contributed by atoms with Crippen LogP contribution in [0.25, 0.3) is 0 Å². The van der Waals surface area contributed by atoms with Crippen molar-refractivity contribution in [2.45, 2.75) is 37.0 Å². The van der Waals surface area contributed by atoms with Crippen LogP contribution in [0.3, 0.4) is 0 Å². The first-order valence-corrected chi connectivity index (χ1v) is 9.27. The van der Waals surface area contributed by atoms with Crippen molar-refractivity contribution in [3.05, 3.63) is 22.8 Å². The molecule has 1 aromatic heterocycles. The summed E-state index contributed by atoms with van der Waals surface area (Å²) in [5.41, 5.74) is 0. The molecule has 1 saturated heterocycles. The molecule has 0 amide bonds. The lowest BCUT2D eigenvalue weighted by atomic mass is 10.1. The zero-order valence-corrected chi connectivity index (χ0v) is 13.5. The zero-order chi connectivity index (χ0) is 14.2. The van der Waals surface area contributed by atoms with E-state index in [0.29, 0.717) is 0 Å². The Labute approximate surface area is 127 Å². The third-order valence-corrected chi connectivity index (χ3v) is 6.46. The highest BCUT2D eigenvalue weighted by molar-refractivity contribution is 9.10. The molecule has 1 N–H and O–H groups in total.